The van der Waals surface area contributed by atoms with Crippen LogP contribution in [-0.2, 0) is 7.05 Å². The Morgan fingerprint density at radius 2 is 2.21 bits per heavy atom. The molecule has 0 unspecified atom stereocenters. The molecule has 0 amide bonds. The molecule has 72 valence electrons. The maximum Gasteiger partial charge on any atom is 0.262 e. The largest absolute Gasteiger partial charge is 0.262 e. The summed E-state index contributed by atoms with van der Waals surface area (Å²) in [5.41, 5.74) is 1.19. The van der Waals surface area contributed by atoms with Gasteiger partial charge in [-0.1, -0.05) is 29.0 Å². The van der Waals surface area contributed by atoms with E-state index >= 15 is 0 Å². The van der Waals surface area contributed by atoms with E-state index in [-0.39, 0.29) is 0 Å². The Morgan fingerprint density at radius 1 is 1.43 bits per heavy atom. The second-order valence-electron chi connectivity index (χ2n) is 3.11. The Morgan fingerprint density at radius 3 is 2.93 bits per heavy atom. The van der Waals surface area contributed by atoms with Crippen LogP contribution >= 0.6 is 22.9 Å². The van der Waals surface area contributed by atoms with Gasteiger partial charge in [0.1, 0.15) is 11.7 Å². The smallest absolute Gasteiger partial charge is 0.185 e. The highest BCUT2D eigenvalue weighted by atomic mass is 35.5. The van der Waals surface area contributed by atoms with E-state index in [1.807, 2.05) is 25.1 Å². The first-order valence-electron chi connectivity index (χ1n) is 4.43. The first kappa shape index (κ1) is 9.69. The van der Waals surface area contributed by atoms with E-state index in [0.717, 1.165) is 5.02 Å². The number of rotatable bonds is 1. The standard InChI is InChI=1S/C11H11ClNS/c1-3-4-11-13(2)9-7-8(12)5-6-10(9)14-11/h3-7H,1-2H3/q+1/b4-3+. The van der Waals surface area contributed by atoms with Crippen molar-refractivity contribution in [1.82, 2.24) is 0 Å². The first-order valence-corrected chi connectivity index (χ1v) is 5.62. The molecule has 0 saturated carbocycles. The summed E-state index contributed by atoms with van der Waals surface area (Å²) in [6.45, 7) is 2.03. The third-order valence-electron chi connectivity index (χ3n) is 2.14. The van der Waals surface area contributed by atoms with E-state index in [9.17, 15) is 0 Å². The van der Waals surface area contributed by atoms with Gasteiger partial charge in [0.15, 0.2) is 0 Å². The zero-order chi connectivity index (χ0) is 10.1. The summed E-state index contributed by atoms with van der Waals surface area (Å²) in [6.07, 6.45) is 4.16. The van der Waals surface area contributed by atoms with Gasteiger partial charge in [-0.2, -0.15) is 4.57 Å². The molecule has 0 radical (unpaired) electrons. The lowest BCUT2D eigenvalue weighted by Crippen LogP contribution is -2.28. The highest BCUT2D eigenvalue weighted by Gasteiger charge is 2.13. The van der Waals surface area contributed by atoms with Crippen LogP contribution < -0.4 is 4.57 Å². The number of hydrogen-bond donors (Lipinski definition) is 0. The quantitative estimate of drug-likeness (QED) is 0.654. The number of benzene rings is 1. The molecule has 1 aromatic carbocycles. The Labute approximate surface area is 92.3 Å². The maximum absolute atomic E-state index is 5.95. The fraction of sp³-hybridized carbons (Fsp3) is 0.182. The Kier molecular flexibility index (Phi) is 2.57. The van der Waals surface area contributed by atoms with E-state index in [1.54, 1.807) is 11.3 Å². The van der Waals surface area contributed by atoms with Crippen molar-refractivity contribution in [3.63, 3.8) is 0 Å². The summed E-state index contributed by atoms with van der Waals surface area (Å²) in [4.78, 5) is 0. The van der Waals surface area contributed by atoms with Crippen molar-refractivity contribution in [3.05, 3.63) is 34.3 Å². The molecular weight excluding hydrogens is 214 g/mol. The average molecular weight is 225 g/mol. The minimum absolute atomic E-state index is 0.790. The number of halogens is 1. The number of fused-ring (bicyclic) bond motifs is 1. The number of allylic oxidation sites excluding steroid dienone is 1. The minimum Gasteiger partial charge on any atom is -0.185 e. The van der Waals surface area contributed by atoms with Crippen LogP contribution in [0.5, 0.6) is 0 Å². The van der Waals surface area contributed by atoms with Gasteiger partial charge < -0.3 is 0 Å². The molecule has 0 atom stereocenters. The molecule has 2 rings (SSSR count). The van der Waals surface area contributed by atoms with Crippen LogP contribution in [0.4, 0.5) is 0 Å². The van der Waals surface area contributed by atoms with E-state index in [1.165, 1.54) is 15.2 Å². The molecule has 0 saturated heterocycles. The Hall–Kier alpha value is -0.860. The molecule has 0 aliphatic heterocycles. The summed E-state index contributed by atoms with van der Waals surface area (Å²) in [5, 5.41) is 2.03. The van der Waals surface area contributed by atoms with Crippen molar-refractivity contribution in [2.75, 3.05) is 0 Å². The van der Waals surface area contributed by atoms with Crippen LogP contribution in [-0.4, -0.2) is 0 Å². The van der Waals surface area contributed by atoms with E-state index in [0.29, 0.717) is 0 Å². The molecule has 0 aliphatic rings. The number of nitrogens with zero attached hydrogens (tertiary/aromatic N) is 1. The summed E-state index contributed by atoms with van der Waals surface area (Å²) in [7, 11) is 2.06. The molecule has 14 heavy (non-hydrogen) atoms. The molecule has 1 aromatic heterocycles. The number of aromatic nitrogens is 1. The fourth-order valence-electron chi connectivity index (χ4n) is 1.43. The highest BCUT2D eigenvalue weighted by Crippen LogP contribution is 2.23. The molecule has 0 aliphatic carbocycles. The second kappa shape index (κ2) is 3.71. The van der Waals surface area contributed by atoms with E-state index in [2.05, 4.69) is 23.8 Å². The van der Waals surface area contributed by atoms with Gasteiger partial charge >= 0.3 is 0 Å². The number of hydrogen-bond acceptors (Lipinski definition) is 1. The van der Waals surface area contributed by atoms with Gasteiger partial charge in [0.05, 0.1) is 0 Å². The van der Waals surface area contributed by atoms with Gasteiger partial charge in [-0.15, -0.1) is 0 Å². The maximum atomic E-state index is 5.95. The van der Waals surface area contributed by atoms with Crippen LogP contribution in [0.15, 0.2) is 24.3 Å². The SMILES string of the molecule is C/C=C/c1sc2ccc(Cl)cc2[n+]1C. The zero-order valence-electron chi connectivity index (χ0n) is 8.12. The van der Waals surface area contributed by atoms with Gasteiger partial charge in [0, 0.05) is 17.2 Å². The molecular formula is C11H11ClNS+. The molecule has 1 nitrogen and oxygen atoms in total. The zero-order valence-corrected chi connectivity index (χ0v) is 9.69. The lowest BCUT2D eigenvalue weighted by atomic mass is 10.3. The monoisotopic (exact) mass is 224 g/mol. The summed E-state index contributed by atoms with van der Waals surface area (Å²) in [6, 6.07) is 6.00. The average Bonchev–Trinajstić information content (AvgIpc) is 2.46. The fourth-order valence-corrected chi connectivity index (χ4v) is 2.69. The van der Waals surface area contributed by atoms with Crippen molar-refractivity contribution in [1.29, 1.82) is 0 Å². The number of thiazole rings is 1. The Balaban J connectivity index is 2.74. The lowest BCUT2D eigenvalue weighted by molar-refractivity contribution is -0.642. The van der Waals surface area contributed by atoms with Crippen LogP contribution in [0.25, 0.3) is 16.3 Å². The summed E-state index contributed by atoms with van der Waals surface area (Å²) >= 11 is 7.72. The van der Waals surface area contributed by atoms with Crippen LogP contribution in [0.1, 0.15) is 11.9 Å². The van der Waals surface area contributed by atoms with Crippen molar-refractivity contribution < 1.29 is 4.57 Å². The van der Waals surface area contributed by atoms with E-state index in [4.69, 9.17) is 11.6 Å². The summed E-state index contributed by atoms with van der Waals surface area (Å²) < 4.78 is 3.43. The van der Waals surface area contributed by atoms with Crippen molar-refractivity contribution in [3.8, 4) is 0 Å². The molecule has 2 aromatic rings. The van der Waals surface area contributed by atoms with Crippen LogP contribution in [0.3, 0.4) is 0 Å². The summed E-state index contributed by atoms with van der Waals surface area (Å²) in [5.74, 6) is 0. The van der Waals surface area contributed by atoms with Gasteiger partial charge in [-0.3, -0.25) is 0 Å². The predicted octanol–water partition coefficient (Wildman–Crippen LogP) is 3.41. The van der Waals surface area contributed by atoms with E-state index < -0.39 is 0 Å². The number of aryl methyl sites for hydroxylation is 1. The predicted molar refractivity (Wildman–Crippen MR) is 62.7 cm³/mol. The van der Waals surface area contributed by atoms with Gasteiger partial charge in [0.2, 0.25) is 5.52 Å². The normalized spacial score (nSPS) is 11.6. The van der Waals surface area contributed by atoms with Crippen molar-refractivity contribution in [2.24, 2.45) is 7.05 Å². The first-order chi connectivity index (χ1) is 6.72. The third kappa shape index (κ3) is 1.56. The van der Waals surface area contributed by atoms with Crippen molar-refractivity contribution >= 4 is 39.2 Å². The topological polar surface area (TPSA) is 3.88 Å². The minimum atomic E-state index is 0.790. The van der Waals surface area contributed by atoms with Crippen LogP contribution in [0.2, 0.25) is 5.02 Å². The highest BCUT2D eigenvalue weighted by molar-refractivity contribution is 7.18. The van der Waals surface area contributed by atoms with Gasteiger partial charge in [-0.05, 0) is 19.1 Å². The molecule has 0 fully saturated rings. The third-order valence-corrected chi connectivity index (χ3v) is 3.56. The molecule has 1 heterocycles. The lowest BCUT2D eigenvalue weighted by Gasteiger charge is -1.87. The van der Waals surface area contributed by atoms with Crippen molar-refractivity contribution in [2.45, 2.75) is 6.92 Å². The molecule has 3 heteroatoms. The van der Waals surface area contributed by atoms with Gasteiger partial charge in [0.25, 0.3) is 5.01 Å². The van der Waals surface area contributed by atoms with Gasteiger partial charge in [-0.25, -0.2) is 0 Å². The molecule has 0 N–H and O–H groups in total. The molecule has 0 bridgehead atoms. The second-order valence-corrected chi connectivity index (χ2v) is 4.61. The van der Waals surface area contributed by atoms with Crippen LogP contribution in [0, 0.1) is 0 Å². The molecule has 0 spiro atoms. The Bertz CT molecular complexity index is 499.